The van der Waals surface area contributed by atoms with Gasteiger partial charge in [-0.1, -0.05) is 12.5 Å². The number of fused-ring (bicyclic) bond motifs is 1. The van der Waals surface area contributed by atoms with Crippen LogP contribution in [0.5, 0.6) is 0 Å². The van der Waals surface area contributed by atoms with Crippen LogP contribution in [0.25, 0.3) is 11.4 Å². The van der Waals surface area contributed by atoms with Crippen molar-refractivity contribution in [3.63, 3.8) is 0 Å². The average Bonchev–Trinajstić information content (AvgIpc) is 3.02. The summed E-state index contributed by atoms with van der Waals surface area (Å²) in [6, 6.07) is 3.05. The summed E-state index contributed by atoms with van der Waals surface area (Å²) < 4.78 is 17.5. The Kier molecular flexibility index (Phi) is 6.01. The number of hydrogen-bond acceptors (Lipinski definition) is 6. The van der Waals surface area contributed by atoms with E-state index in [1.54, 1.807) is 30.2 Å². The molecule has 174 valence electrons. The highest BCUT2D eigenvalue weighted by Gasteiger charge is 2.36. The van der Waals surface area contributed by atoms with Crippen LogP contribution in [0.3, 0.4) is 0 Å². The molecular formula is C23H28FN7O2. The molecule has 9 nitrogen and oxygen atoms in total. The van der Waals surface area contributed by atoms with Gasteiger partial charge in [0.1, 0.15) is 12.1 Å². The minimum absolute atomic E-state index is 0.211. The zero-order valence-electron chi connectivity index (χ0n) is 19.2. The zero-order chi connectivity index (χ0) is 23.8. The van der Waals surface area contributed by atoms with Gasteiger partial charge in [-0.2, -0.15) is 10.1 Å². The van der Waals surface area contributed by atoms with Crippen LogP contribution >= 0.6 is 0 Å². The van der Waals surface area contributed by atoms with Crippen LogP contribution in [-0.4, -0.2) is 46.4 Å². The topological polar surface area (TPSA) is 109 Å². The van der Waals surface area contributed by atoms with Gasteiger partial charge < -0.3 is 10.4 Å². The molecule has 1 amide bonds. The van der Waals surface area contributed by atoms with Crippen LogP contribution in [0.4, 0.5) is 20.8 Å². The van der Waals surface area contributed by atoms with E-state index in [0.717, 1.165) is 12.8 Å². The summed E-state index contributed by atoms with van der Waals surface area (Å²) in [6.07, 6.45) is 6.53. The largest absolute Gasteiger partial charge is 0.465 e. The summed E-state index contributed by atoms with van der Waals surface area (Å²) in [5.74, 6) is 0.0885. The molecule has 4 rings (SSSR count). The normalized spacial score (nSPS) is 16.1. The quantitative estimate of drug-likeness (QED) is 0.551. The maximum atomic E-state index is 15.8. The first-order chi connectivity index (χ1) is 15.6. The highest BCUT2D eigenvalue weighted by Crippen LogP contribution is 2.40. The summed E-state index contributed by atoms with van der Waals surface area (Å²) in [5, 5.41) is 17.1. The lowest BCUT2D eigenvalue weighted by atomic mass is 9.92. The van der Waals surface area contributed by atoms with E-state index in [9.17, 15) is 9.90 Å². The van der Waals surface area contributed by atoms with Crippen molar-refractivity contribution in [3.8, 4) is 11.4 Å². The number of anilines is 2. The molecule has 2 N–H and O–H groups in total. The standard InChI is InChI=1S/C23H28FN7O2/c1-23(2,3)31(22(32)33)18-8-6-5-7-16-15(18)9-10-17(19(16)24)20-25-13-26-21(29-20)28-14-11-27-30(4)12-14/h9-13,18H,5-8H2,1-4H3,(H,32,33)(H,25,26,28,29). The van der Waals surface area contributed by atoms with E-state index in [0.29, 0.717) is 29.7 Å². The highest BCUT2D eigenvalue weighted by molar-refractivity contribution is 5.68. The number of hydrogen-bond donors (Lipinski definition) is 2. The van der Waals surface area contributed by atoms with Gasteiger partial charge in [0.15, 0.2) is 5.82 Å². The Labute approximate surface area is 191 Å². The Balaban J connectivity index is 1.73. The lowest BCUT2D eigenvalue weighted by molar-refractivity contribution is 0.0664. The van der Waals surface area contributed by atoms with E-state index in [2.05, 4.69) is 25.4 Å². The van der Waals surface area contributed by atoms with E-state index in [4.69, 9.17) is 0 Å². The molecule has 0 saturated heterocycles. The monoisotopic (exact) mass is 453 g/mol. The number of carbonyl (C=O) groups is 1. The molecule has 33 heavy (non-hydrogen) atoms. The molecule has 1 atom stereocenters. The molecule has 1 aromatic carbocycles. The van der Waals surface area contributed by atoms with Gasteiger partial charge >= 0.3 is 6.09 Å². The van der Waals surface area contributed by atoms with E-state index in [1.165, 1.54) is 11.2 Å². The molecular weight excluding hydrogens is 425 g/mol. The summed E-state index contributed by atoms with van der Waals surface area (Å²) in [6.45, 7) is 5.58. The number of benzene rings is 1. The second-order valence-corrected chi connectivity index (χ2v) is 9.24. The van der Waals surface area contributed by atoms with Gasteiger partial charge in [0.25, 0.3) is 0 Å². The van der Waals surface area contributed by atoms with Gasteiger partial charge in [0.2, 0.25) is 5.95 Å². The Morgan fingerprint density at radius 1 is 1.27 bits per heavy atom. The van der Waals surface area contributed by atoms with Crippen molar-refractivity contribution in [2.75, 3.05) is 5.32 Å². The zero-order valence-corrected chi connectivity index (χ0v) is 19.2. The van der Waals surface area contributed by atoms with E-state index < -0.39 is 23.5 Å². The van der Waals surface area contributed by atoms with Crippen molar-refractivity contribution in [2.45, 2.75) is 58.0 Å². The Morgan fingerprint density at radius 3 is 2.73 bits per heavy atom. The highest BCUT2D eigenvalue weighted by atomic mass is 19.1. The van der Waals surface area contributed by atoms with Crippen LogP contribution in [0.2, 0.25) is 0 Å². The number of carboxylic acid groups (broad SMARTS) is 1. The van der Waals surface area contributed by atoms with Crippen molar-refractivity contribution in [1.82, 2.24) is 29.6 Å². The molecule has 0 spiro atoms. The van der Waals surface area contributed by atoms with E-state index in [1.807, 2.05) is 26.8 Å². The van der Waals surface area contributed by atoms with Gasteiger partial charge in [-0.3, -0.25) is 9.58 Å². The molecule has 1 unspecified atom stereocenters. The van der Waals surface area contributed by atoms with Gasteiger partial charge in [0.05, 0.1) is 23.5 Å². The Morgan fingerprint density at radius 2 is 2.06 bits per heavy atom. The number of nitrogens with one attached hydrogen (secondary N) is 1. The lowest BCUT2D eigenvalue weighted by Crippen LogP contribution is -2.47. The number of amides is 1. The summed E-state index contributed by atoms with van der Waals surface area (Å²) in [7, 11) is 1.80. The third-order valence-corrected chi connectivity index (χ3v) is 5.81. The summed E-state index contributed by atoms with van der Waals surface area (Å²) in [5.41, 5.74) is 1.61. The fourth-order valence-corrected chi connectivity index (χ4v) is 4.43. The average molecular weight is 454 g/mol. The third-order valence-electron chi connectivity index (χ3n) is 5.81. The van der Waals surface area contributed by atoms with Crippen LogP contribution < -0.4 is 5.32 Å². The van der Waals surface area contributed by atoms with Gasteiger partial charge in [-0.05, 0) is 57.2 Å². The number of aryl methyl sites for hydroxylation is 1. The molecule has 0 aliphatic heterocycles. The fraction of sp³-hybridized carbons (Fsp3) is 0.435. The van der Waals surface area contributed by atoms with E-state index >= 15 is 4.39 Å². The second kappa shape index (κ2) is 8.76. The fourth-order valence-electron chi connectivity index (χ4n) is 4.43. The summed E-state index contributed by atoms with van der Waals surface area (Å²) >= 11 is 0. The molecule has 0 radical (unpaired) electrons. The summed E-state index contributed by atoms with van der Waals surface area (Å²) in [4.78, 5) is 26.3. The number of nitrogens with zero attached hydrogens (tertiary/aromatic N) is 6. The molecule has 1 aliphatic rings. The first-order valence-electron chi connectivity index (χ1n) is 10.9. The SMILES string of the molecule is Cn1cc(Nc2ncnc(-c3ccc4c(c3F)CCCCC4N(C(=O)O)C(C)(C)C)n2)cn1. The molecule has 2 aromatic heterocycles. The minimum atomic E-state index is -1.01. The first-order valence-corrected chi connectivity index (χ1v) is 10.9. The Hall–Kier alpha value is -3.56. The molecule has 3 aromatic rings. The van der Waals surface area contributed by atoms with Crippen molar-refractivity contribution in [3.05, 3.63) is 47.8 Å². The van der Waals surface area contributed by atoms with Crippen molar-refractivity contribution in [2.24, 2.45) is 7.05 Å². The number of rotatable bonds is 4. The third kappa shape index (κ3) is 4.64. The van der Waals surface area contributed by atoms with E-state index in [-0.39, 0.29) is 17.3 Å². The van der Waals surface area contributed by atoms with Crippen molar-refractivity contribution in [1.29, 1.82) is 0 Å². The first kappa shape index (κ1) is 22.6. The number of halogens is 1. The molecule has 10 heteroatoms. The van der Waals surface area contributed by atoms with Crippen molar-refractivity contribution >= 4 is 17.7 Å². The van der Waals surface area contributed by atoms with Crippen LogP contribution in [0.15, 0.2) is 30.9 Å². The predicted octanol–water partition coefficient (Wildman–Crippen LogP) is 4.70. The molecule has 0 bridgehead atoms. The van der Waals surface area contributed by atoms with Gasteiger partial charge in [0, 0.05) is 18.8 Å². The molecule has 2 heterocycles. The second-order valence-electron chi connectivity index (χ2n) is 9.24. The lowest BCUT2D eigenvalue weighted by Gasteiger charge is -2.40. The maximum Gasteiger partial charge on any atom is 0.408 e. The van der Waals surface area contributed by atoms with Crippen LogP contribution in [0, 0.1) is 5.82 Å². The van der Waals surface area contributed by atoms with Gasteiger partial charge in [-0.15, -0.1) is 0 Å². The molecule has 1 aliphatic carbocycles. The molecule has 0 saturated carbocycles. The Bertz CT molecular complexity index is 1170. The number of aromatic nitrogens is 5. The van der Waals surface area contributed by atoms with Gasteiger partial charge in [-0.25, -0.2) is 19.2 Å². The maximum absolute atomic E-state index is 15.8. The predicted molar refractivity (Wildman–Crippen MR) is 122 cm³/mol. The van der Waals surface area contributed by atoms with Crippen LogP contribution in [0.1, 0.15) is 57.2 Å². The van der Waals surface area contributed by atoms with Crippen LogP contribution in [-0.2, 0) is 13.5 Å². The minimum Gasteiger partial charge on any atom is -0.465 e. The smallest absolute Gasteiger partial charge is 0.408 e. The van der Waals surface area contributed by atoms with Crippen molar-refractivity contribution < 1.29 is 14.3 Å². The molecule has 0 fully saturated rings.